The van der Waals surface area contributed by atoms with Crippen LogP contribution in [0.1, 0.15) is 51.5 Å². The predicted molar refractivity (Wildman–Crippen MR) is 146 cm³/mol. The normalized spacial score (nSPS) is 15.2. The van der Waals surface area contributed by atoms with Crippen LogP contribution in [0, 0.1) is 5.92 Å². The number of benzene rings is 2. The molecular formula is C28H28F3N5O2S. The number of para-hydroxylation sites is 1. The van der Waals surface area contributed by atoms with Gasteiger partial charge in [-0.25, -0.2) is 9.97 Å². The van der Waals surface area contributed by atoms with E-state index in [2.05, 4.69) is 32.5 Å². The SMILES string of the molecule is CC(=O)Nc1nc2c(Oc3cc(-c4ccc(C(F)(F)F)cc4)nc(N[C@@H](C)C4CCCCC4)n3)cccc2s1. The van der Waals surface area contributed by atoms with Crippen molar-refractivity contribution < 1.29 is 22.7 Å². The zero-order chi connectivity index (χ0) is 27.6. The summed E-state index contributed by atoms with van der Waals surface area (Å²) in [5, 5.41) is 6.54. The van der Waals surface area contributed by atoms with E-state index >= 15 is 0 Å². The molecule has 0 spiro atoms. The number of halogens is 3. The molecule has 2 N–H and O–H groups in total. The molecule has 1 fully saturated rings. The first-order chi connectivity index (χ1) is 18.7. The van der Waals surface area contributed by atoms with E-state index in [1.807, 2.05) is 12.1 Å². The summed E-state index contributed by atoms with van der Waals surface area (Å²) in [6.07, 6.45) is 1.44. The van der Waals surface area contributed by atoms with Gasteiger partial charge in [-0.2, -0.15) is 18.2 Å². The summed E-state index contributed by atoms with van der Waals surface area (Å²) in [7, 11) is 0. The van der Waals surface area contributed by atoms with Crippen LogP contribution in [0.25, 0.3) is 21.5 Å². The van der Waals surface area contributed by atoms with Crippen molar-refractivity contribution in [3.05, 3.63) is 54.1 Å². The van der Waals surface area contributed by atoms with Gasteiger partial charge in [0, 0.05) is 24.6 Å². The average Bonchev–Trinajstić information content (AvgIpc) is 3.31. The summed E-state index contributed by atoms with van der Waals surface area (Å²) >= 11 is 1.32. The van der Waals surface area contributed by atoms with Crippen LogP contribution in [-0.4, -0.2) is 26.9 Å². The molecule has 39 heavy (non-hydrogen) atoms. The molecule has 1 aliphatic carbocycles. The van der Waals surface area contributed by atoms with E-state index in [1.165, 1.54) is 49.7 Å². The molecule has 2 aromatic heterocycles. The Labute approximate surface area is 227 Å². The van der Waals surface area contributed by atoms with Crippen molar-refractivity contribution in [3.8, 4) is 22.9 Å². The van der Waals surface area contributed by atoms with Crippen molar-refractivity contribution in [2.75, 3.05) is 10.6 Å². The molecule has 4 aromatic rings. The highest BCUT2D eigenvalue weighted by atomic mass is 32.1. The fraction of sp³-hybridized carbons (Fsp3) is 0.357. The van der Waals surface area contributed by atoms with E-state index in [0.29, 0.717) is 39.5 Å². The topological polar surface area (TPSA) is 89.0 Å². The third-order valence-corrected chi connectivity index (χ3v) is 7.74. The number of aromatic nitrogens is 3. The number of nitrogens with zero attached hydrogens (tertiary/aromatic N) is 3. The number of carbonyl (C=O) groups is 1. The van der Waals surface area contributed by atoms with Gasteiger partial charge in [-0.05, 0) is 49.9 Å². The first-order valence-corrected chi connectivity index (χ1v) is 13.7. The van der Waals surface area contributed by atoms with E-state index < -0.39 is 11.7 Å². The van der Waals surface area contributed by atoms with Gasteiger partial charge in [0.15, 0.2) is 10.9 Å². The molecule has 0 saturated heterocycles. The molecule has 7 nitrogen and oxygen atoms in total. The molecule has 0 aliphatic heterocycles. The lowest BCUT2D eigenvalue weighted by Gasteiger charge is -2.28. The first kappa shape index (κ1) is 26.9. The minimum atomic E-state index is -4.43. The quantitative estimate of drug-likeness (QED) is 0.241. The zero-order valence-corrected chi connectivity index (χ0v) is 22.3. The van der Waals surface area contributed by atoms with Gasteiger partial charge in [-0.1, -0.05) is 48.8 Å². The maximum atomic E-state index is 13.1. The lowest BCUT2D eigenvalue weighted by molar-refractivity contribution is -0.137. The molecule has 11 heteroatoms. The maximum Gasteiger partial charge on any atom is 0.416 e. The Morgan fingerprint density at radius 1 is 1.05 bits per heavy atom. The molecule has 1 saturated carbocycles. The number of rotatable bonds is 7. The molecule has 1 amide bonds. The van der Waals surface area contributed by atoms with Gasteiger partial charge >= 0.3 is 6.18 Å². The van der Waals surface area contributed by atoms with Crippen LogP contribution in [-0.2, 0) is 11.0 Å². The van der Waals surface area contributed by atoms with Crippen LogP contribution >= 0.6 is 11.3 Å². The standard InChI is InChI=1S/C28H28F3N5O2S/c1-16(18-7-4-3-5-8-18)32-26-34-21(19-11-13-20(14-12-19)28(29,30)31)15-24(35-26)38-22-9-6-10-23-25(22)36-27(39-23)33-17(2)37/h6,9-16,18H,3-5,7-8H2,1-2H3,(H,32,34,35)(H,33,36,37)/t16-/m0/s1. The Hall–Kier alpha value is -3.73. The summed E-state index contributed by atoms with van der Waals surface area (Å²) in [6.45, 7) is 3.51. The molecule has 5 rings (SSSR count). The largest absolute Gasteiger partial charge is 0.437 e. The minimum Gasteiger partial charge on any atom is -0.437 e. The average molecular weight is 556 g/mol. The van der Waals surface area contributed by atoms with Gasteiger partial charge in [0.2, 0.25) is 17.7 Å². The number of hydrogen-bond donors (Lipinski definition) is 2. The van der Waals surface area contributed by atoms with Crippen molar-refractivity contribution in [3.63, 3.8) is 0 Å². The smallest absolute Gasteiger partial charge is 0.416 e. The van der Waals surface area contributed by atoms with Gasteiger partial charge < -0.3 is 15.4 Å². The fourth-order valence-corrected chi connectivity index (χ4v) is 5.73. The lowest BCUT2D eigenvalue weighted by atomic mass is 9.85. The Bertz CT molecular complexity index is 1470. The van der Waals surface area contributed by atoms with Crippen molar-refractivity contribution in [1.82, 2.24) is 15.0 Å². The van der Waals surface area contributed by atoms with Crippen molar-refractivity contribution in [2.45, 2.75) is 58.2 Å². The molecule has 0 radical (unpaired) electrons. The fourth-order valence-electron chi connectivity index (χ4n) is 4.80. The monoisotopic (exact) mass is 555 g/mol. The Kier molecular flexibility index (Phi) is 7.69. The summed E-state index contributed by atoms with van der Waals surface area (Å²) in [4.78, 5) is 25.2. The second-order valence-corrected chi connectivity index (χ2v) is 10.8. The number of anilines is 2. The van der Waals surface area contributed by atoms with Gasteiger partial charge in [-0.15, -0.1) is 0 Å². The molecule has 204 valence electrons. The summed E-state index contributed by atoms with van der Waals surface area (Å²) in [5.74, 6) is 1.25. The molecular weight excluding hydrogens is 527 g/mol. The highest BCUT2D eigenvalue weighted by Gasteiger charge is 2.30. The van der Waals surface area contributed by atoms with Gasteiger partial charge in [-0.3, -0.25) is 4.79 Å². The van der Waals surface area contributed by atoms with Crippen molar-refractivity contribution in [1.29, 1.82) is 0 Å². The van der Waals surface area contributed by atoms with E-state index in [9.17, 15) is 18.0 Å². The van der Waals surface area contributed by atoms with Crippen LogP contribution in [0.5, 0.6) is 11.6 Å². The second-order valence-electron chi connectivity index (χ2n) is 9.73. The Morgan fingerprint density at radius 2 is 1.79 bits per heavy atom. The number of carbonyl (C=O) groups excluding carboxylic acids is 1. The van der Waals surface area contributed by atoms with Crippen LogP contribution < -0.4 is 15.4 Å². The number of hydrogen-bond acceptors (Lipinski definition) is 7. The zero-order valence-electron chi connectivity index (χ0n) is 21.5. The molecule has 0 unspecified atom stereocenters. The Morgan fingerprint density at radius 3 is 2.49 bits per heavy atom. The van der Waals surface area contributed by atoms with E-state index in [0.717, 1.165) is 29.7 Å². The molecule has 1 atom stereocenters. The van der Waals surface area contributed by atoms with Gasteiger partial charge in [0.1, 0.15) is 5.52 Å². The van der Waals surface area contributed by atoms with Crippen molar-refractivity contribution >= 4 is 38.5 Å². The molecule has 0 bridgehead atoms. The van der Waals surface area contributed by atoms with Gasteiger partial charge in [0.05, 0.1) is 16.0 Å². The third kappa shape index (κ3) is 6.47. The number of fused-ring (bicyclic) bond motifs is 1. The summed E-state index contributed by atoms with van der Waals surface area (Å²) in [6, 6.07) is 12.0. The van der Waals surface area contributed by atoms with E-state index in [1.54, 1.807) is 12.1 Å². The molecule has 2 heterocycles. The molecule has 2 aromatic carbocycles. The van der Waals surface area contributed by atoms with E-state index in [-0.39, 0.29) is 17.8 Å². The predicted octanol–water partition coefficient (Wildman–Crippen LogP) is 7.90. The third-order valence-electron chi connectivity index (χ3n) is 6.80. The highest BCUT2D eigenvalue weighted by molar-refractivity contribution is 7.22. The van der Waals surface area contributed by atoms with Gasteiger partial charge in [0.25, 0.3) is 0 Å². The second kappa shape index (κ2) is 11.2. The van der Waals surface area contributed by atoms with Crippen LogP contribution in [0.2, 0.25) is 0 Å². The van der Waals surface area contributed by atoms with Crippen LogP contribution in [0.4, 0.5) is 24.3 Å². The van der Waals surface area contributed by atoms with Crippen LogP contribution in [0.15, 0.2) is 48.5 Å². The first-order valence-electron chi connectivity index (χ1n) is 12.8. The number of alkyl halides is 3. The summed E-state index contributed by atoms with van der Waals surface area (Å²) in [5.41, 5.74) is 0.761. The number of amides is 1. The van der Waals surface area contributed by atoms with Crippen molar-refractivity contribution in [2.24, 2.45) is 5.92 Å². The maximum absolute atomic E-state index is 13.1. The Balaban J connectivity index is 1.49. The van der Waals surface area contributed by atoms with E-state index in [4.69, 9.17) is 4.74 Å². The molecule has 1 aliphatic rings. The number of nitrogens with one attached hydrogen (secondary N) is 2. The minimum absolute atomic E-state index is 0.114. The highest BCUT2D eigenvalue weighted by Crippen LogP contribution is 2.36. The number of thiazole rings is 1. The summed E-state index contributed by atoms with van der Waals surface area (Å²) < 4.78 is 46.4. The lowest BCUT2D eigenvalue weighted by Crippen LogP contribution is -2.28. The van der Waals surface area contributed by atoms with Crippen LogP contribution in [0.3, 0.4) is 0 Å². The number of ether oxygens (including phenoxy) is 1.